The second-order valence-electron chi connectivity index (χ2n) is 9.00. The lowest BCUT2D eigenvalue weighted by Crippen LogP contribution is -2.42. The Morgan fingerprint density at radius 2 is 1.52 bits per heavy atom. The van der Waals surface area contributed by atoms with Gasteiger partial charge in [0.25, 0.3) is 0 Å². The molecule has 1 aromatic carbocycles. The van der Waals surface area contributed by atoms with Gasteiger partial charge in [0.2, 0.25) is 5.91 Å². The van der Waals surface area contributed by atoms with Crippen molar-refractivity contribution in [3.63, 3.8) is 0 Å². The van der Waals surface area contributed by atoms with Gasteiger partial charge in [-0.15, -0.1) is 0 Å². The third-order valence-corrected chi connectivity index (χ3v) is 7.16. The van der Waals surface area contributed by atoms with E-state index in [1.807, 2.05) is 0 Å². The van der Waals surface area contributed by atoms with Crippen LogP contribution in [0.3, 0.4) is 0 Å². The summed E-state index contributed by atoms with van der Waals surface area (Å²) in [5, 5.41) is 12.5. The smallest absolute Gasteiger partial charge is 0.238 e. The molecule has 4 N–H and O–H groups in total. The molecule has 0 radical (unpaired) electrons. The quantitative estimate of drug-likeness (QED) is 0.174. The van der Waals surface area contributed by atoms with Gasteiger partial charge >= 0.3 is 0 Å². The van der Waals surface area contributed by atoms with E-state index in [1.54, 1.807) is 30.0 Å². The minimum atomic E-state index is -0.499. The first-order valence-corrected chi connectivity index (χ1v) is 14.2. The van der Waals surface area contributed by atoms with Crippen molar-refractivity contribution in [2.45, 2.75) is 109 Å². The highest BCUT2D eigenvalue weighted by atomic mass is 32.2. The largest absolute Gasteiger partial charge is 0.504 e. The van der Waals surface area contributed by atoms with Crippen molar-refractivity contribution >= 4 is 17.7 Å². The van der Waals surface area contributed by atoms with Crippen LogP contribution in [-0.4, -0.2) is 35.7 Å². The maximum atomic E-state index is 12.2. The van der Waals surface area contributed by atoms with Crippen molar-refractivity contribution in [1.82, 2.24) is 5.32 Å². The Morgan fingerprint density at radius 3 is 2.06 bits per heavy atom. The summed E-state index contributed by atoms with van der Waals surface area (Å²) in [6, 6.07) is 4.53. The topological polar surface area (TPSA) is 84.6 Å². The number of amides is 1. The molecule has 33 heavy (non-hydrogen) atoms. The third kappa shape index (κ3) is 15.2. The number of methoxy groups -OCH3 is 1. The molecule has 0 unspecified atom stereocenters. The van der Waals surface area contributed by atoms with Gasteiger partial charge in [0.1, 0.15) is 0 Å². The normalized spacial score (nSPS) is 12.0. The van der Waals surface area contributed by atoms with E-state index in [0.29, 0.717) is 18.0 Å². The van der Waals surface area contributed by atoms with Gasteiger partial charge in [-0.25, -0.2) is 0 Å². The highest BCUT2D eigenvalue weighted by molar-refractivity contribution is 7.99. The van der Waals surface area contributed by atoms with Gasteiger partial charge < -0.3 is 20.9 Å². The maximum Gasteiger partial charge on any atom is 0.238 e. The zero-order valence-electron chi connectivity index (χ0n) is 21.1. The molecule has 0 fully saturated rings. The maximum absolute atomic E-state index is 12.2. The lowest BCUT2D eigenvalue weighted by atomic mass is 10.0. The summed E-state index contributed by atoms with van der Waals surface area (Å²) >= 11 is 1.76. The zero-order chi connectivity index (χ0) is 24.2. The van der Waals surface area contributed by atoms with Crippen LogP contribution in [0.4, 0.5) is 0 Å². The number of hydrogen-bond donors (Lipinski definition) is 3. The van der Waals surface area contributed by atoms with Gasteiger partial charge in [-0.3, -0.25) is 4.79 Å². The van der Waals surface area contributed by atoms with Crippen LogP contribution >= 0.6 is 11.8 Å². The number of unbranched alkanes of at least 4 members (excludes halogenated alkanes) is 13. The van der Waals surface area contributed by atoms with Crippen LogP contribution in [0.5, 0.6) is 11.5 Å². The molecule has 0 saturated carbocycles. The SMILES string of the molecule is CCCCCCCCCCCCCCCCSC[C@H](N)C(=O)NCc1ccc(O)c(OC)c1. The van der Waals surface area contributed by atoms with Crippen molar-refractivity contribution in [1.29, 1.82) is 0 Å². The first-order chi connectivity index (χ1) is 16.1. The highest BCUT2D eigenvalue weighted by Crippen LogP contribution is 2.26. The number of benzene rings is 1. The number of ether oxygens (including phenoxy) is 1. The van der Waals surface area contributed by atoms with Crippen molar-refractivity contribution in [2.24, 2.45) is 5.73 Å². The van der Waals surface area contributed by atoms with Gasteiger partial charge in [0.15, 0.2) is 11.5 Å². The summed E-state index contributed by atoms with van der Waals surface area (Å²) in [4.78, 5) is 12.2. The van der Waals surface area contributed by atoms with Crippen LogP contribution in [0, 0.1) is 0 Å². The predicted molar refractivity (Wildman–Crippen MR) is 142 cm³/mol. The Labute approximate surface area is 206 Å². The summed E-state index contributed by atoms with van der Waals surface area (Å²) in [5.41, 5.74) is 6.89. The summed E-state index contributed by atoms with van der Waals surface area (Å²) in [6.45, 7) is 2.64. The Kier molecular flexibility index (Phi) is 18.0. The molecule has 0 heterocycles. The van der Waals surface area contributed by atoms with E-state index in [-0.39, 0.29) is 11.7 Å². The van der Waals surface area contributed by atoms with Gasteiger partial charge in [0.05, 0.1) is 13.2 Å². The minimum absolute atomic E-state index is 0.0872. The van der Waals surface area contributed by atoms with Crippen LogP contribution in [0.1, 0.15) is 102 Å². The van der Waals surface area contributed by atoms with Gasteiger partial charge in [-0.05, 0) is 29.9 Å². The fourth-order valence-electron chi connectivity index (χ4n) is 3.84. The fraction of sp³-hybridized carbons (Fsp3) is 0.741. The summed E-state index contributed by atoms with van der Waals surface area (Å²) in [5.74, 6) is 2.05. The molecular formula is C27H48N2O3S. The lowest BCUT2D eigenvalue weighted by molar-refractivity contribution is -0.122. The number of hydrogen-bond acceptors (Lipinski definition) is 5. The van der Waals surface area contributed by atoms with Crippen molar-refractivity contribution in [2.75, 3.05) is 18.6 Å². The first-order valence-electron chi connectivity index (χ1n) is 13.0. The summed E-state index contributed by atoms with van der Waals surface area (Å²) < 4.78 is 5.09. The van der Waals surface area contributed by atoms with E-state index < -0.39 is 6.04 Å². The summed E-state index contributed by atoms with van der Waals surface area (Å²) in [6.07, 6.45) is 19.2. The summed E-state index contributed by atoms with van der Waals surface area (Å²) in [7, 11) is 1.50. The minimum Gasteiger partial charge on any atom is -0.504 e. The molecule has 0 bridgehead atoms. The number of carbonyl (C=O) groups excluding carboxylic acids is 1. The number of phenols is 1. The molecule has 0 spiro atoms. The molecule has 190 valence electrons. The van der Waals surface area contributed by atoms with E-state index in [1.165, 1.54) is 97.0 Å². The van der Waals surface area contributed by atoms with Crippen LogP contribution in [0.25, 0.3) is 0 Å². The van der Waals surface area contributed by atoms with Crippen molar-refractivity contribution < 1.29 is 14.6 Å². The Hall–Kier alpha value is -1.40. The monoisotopic (exact) mass is 480 g/mol. The van der Waals surface area contributed by atoms with E-state index in [2.05, 4.69) is 12.2 Å². The molecule has 1 amide bonds. The molecule has 0 aliphatic rings. The van der Waals surface area contributed by atoms with E-state index in [4.69, 9.17) is 10.5 Å². The highest BCUT2D eigenvalue weighted by Gasteiger charge is 2.13. The standard InChI is InChI=1S/C27H48N2O3S/c1-3-4-5-6-7-8-9-10-11-12-13-14-15-16-19-33-22-24(28)27(31)29-21-23-17-18-25(30)26(20-23)32-2/h17-18,20,24,30H,3-16,19,21-22,28H2,1-2H3,(H,29,31)/t24-/m0/s1. The number of aromatic hydroxyl groups is 1. The van der Waals surface area contributed by atoms with Gasteiger partial charge in [0, 0.05) is 12.3 Å². The van der Waals surface area contributed by atoms with Crippen molar-refractivity contribution in [3.8, 4) is 11.5 Å². The van der Waals surface area contributed by atoms with Crippen LogP contribution in [0.2, 0.25) is 0 Å². The number of nitrogens with one attached hydrogen (secondary N) is 1. The molecular weight excluding hydrogens is 432 g/mol. The van der Waals surface area contributed by atoms with E-state index >= 15 is 0 Å². The second kappa shape index (κ2) is 20.0. The Bertz CT molecular complexity index is 627. The molecule has 1 rings (SSSR count). The fourth-order valence-corrected chi connectivity index (χ4v) is 4.82. The molecule has 0 saturated heterocycles. The van der Waals surface area contributed by atoms with Gasteiger partial charge in [-0.2, -0.15) is 11.8 Å². The third-order valence-electron chi connectivity index (χ3n) is 5.99. The van der Waals surface area contributed by atoms with Crippen LogP contribution < -0.4 is 15.8 Å². The number of nitrogens with two attached hydrogens (primary N) is 1. The zero-order valence-corrected chi connectivity index (χ0v) is 21.9. The van der Waals surface area contributed by atoms with Crippen LogP contribution in [0.15, 0.2) is 18.2 Å². The Balaban J connectivity index is 1.92. The molecule has 1 atom stereocenters. The second-order valence-corrected chi connectivity index (χ2v) is 10.2. The average Bonchev–Trinajstić information content (AvgIpc) is 2.82. The lowest BCUT2D eigenvalue weighted by Gasteiger charge is -2.13. The molecule has 0 aromatic heterocycles. The van der Waals surface area contributed by atoms with E-state index in [9.17, 15) is 9.90 Å². The number of thioether (sulfide) groups is 1. The molecule has 5 nitrogen and oxygen atoms in total. The Morgan fingerprint density at radius 1 is 0.970 bits per heavy atom. The number of rotatable bonds is 21. The molecule has 0 aliphatic heterocycles. The molecule has 6 heteroatoms. The number of carbonyl (C=O) groups is 1. The first kappa shape index (κ1) is 29.6. The van der Waals surface area contributed by atoms with E-state index in [0.717, 1.165) is 11.3 Å². The molecule has 1 aromatic rings. The van der Waals surface area contributed by atoms with Crippen molar-refractivity contribution in [3.05, 3.63) is 23.8 Å². The molecule has 0 aliphatic carbocycles. The van der Waals surface area contributed by atoms with Gasteiger partial charge in [-0.1, -0.05) is 96.5 Å². The van der Waals surface area contributed by atoms with Crippen LogP contribution in [-0.2, 0) is 11.3 Å². The average molecular weight is 481 g/mol. The number of phenolic OH excluding ortho intramolecular Hbond substituents is 1. The predicted octanol–water partition coefficient (Wildman–Crippen LogP) is 6.56.